The van der Waals surface area contributed by atoms with Gasteiger partial charge in [0.1, 0.15) is 5.69 Å². The van der Waals surface area contributed by atoms with Gasteiger partial charge >= 0.3 is 0 Å². The van der Waals surface area contributed by atoms with Crippen molar-refractivity contribution in [2.45, 2.75) is 24.8 Å². The van der Waals surface area contributed by atoms with Crippen molar-refractivity contribution >= 4 is 11.6 Å². The van der Waals surface area contributed by atoms with Crippen LogP contribution in [0.2, 0.25) is 0 Å². The summed E-state index contributed by atoms with van der Waals surface area (Å²) >= 11 is 0. The van der Waals surface area contributed by atoms with E-state index in [1.807, 2.05) is 7.05 Å². The minimum absolute atomic E-state index is 0.0480. The predicted molar refractivity (Wildman–Crippen MR) is 75.9 cm³/mol. The minimum Gasteiger partial charge on any atom is -0.397 e. The third-order valence-electron chi connectivity index (χ3n) is 4.12. The number of amides is 1. The van der Waals surface area contributed by atoms with Crippen LogP contribution in [0.15, 0.2) is 18.3 Å². The van der Waals surface area contributed by atoms with E-state index in [1.165, 1.54) is 12.6 Å². The van der Waals surface area contributed by atoms with E-state index in [-0.39, 0.29) is 11.4 Å². The molecule has 1 aromatic heterocycles. The third-order valence-corrected chi connectivity index (χ3v) is 4.12. The molecule has 1 amide bonds. The van der Waals surface area contributed by atoms with Gasteiger partial charge in [-0.3, -0.25) is 4.79 Å². The number of rotatable bonds is 4. The van der Waals surface area contributed by atoms with Crippen molar-refractivity contribution in [3.05, 3.63) is 24.0 Å². The van der Waals surface area contributed by atoms with Gasteiger partial charge < -0.3 is 15.5 Å². The third kappa shape index (κ3) is 2.71. The quantitative estimate of drug-likeness (QED) is 0.886. The highest BCUT2D eigenvalue weighted by atomic mass is 16.2. The summed E-state index contributed by atoms with van der Waals surface area (Å²) in [5.41, 5.74) is 6.74. The molecule has 104 valence electrons. The lowest BCUT2D eigenvalue weighted by Gasteiger charge is -2.49. The lowest BCUT2D eigenvalue weighted by molar-refractivity contribution is 0.0250. The SMILES string of the molecule is CN(CC1(N(C)C)CCC1)C(=O)c1ccc(N)cn1. The number of nitrogens with two attached hydrogens (primary N) is 1. The number of hydrogen-bond acceptors (Lipinski definition) is 4. The molecule has 0 unspecified atom stereocenters. The maximum Gasteiger partial charge on any atom is 0.272 e. The van der Waals surface area contributed by atoms with Gasteiger partial charge in [-0.25, -0.2) is 4.98 Å². The number of carbonyl (C=O) groups excluding carboxylic acids is 1. The van der Waals surface area contributed by atoms with E-state index in [0.29, 0.717) is 11.4 Å². The Morgan fingerprint density at radius 3 is 2.47 bits per heavy atom. The topological polar surface area (TPSA) is 62.5 Å². The molecule has 1 fully saturated rings. The van der Waals surface area contributed by atoms with Gasteiger partial charge in [0.2, 0.25) is 0 Å². The summed E-state index contributed by atoms with van der Waals surface area (Å²) < 4.78 is 0. The number of aromatic nitrogens is 1. The number of nitrogen functional groups attached to an aromatic ring is 1. The van der Waals surface area contributed by atoms with Crippen LogP contribution in [0, 0.1) is 0 Å². The standard InChI is InChI=1S/C14H22N4O/c1-17(2)14(7-4-8-14)10-18(3)13(19)12-6-5-11(15)9-16-12/h5-6,9H,4,7-8,10,15H2,1-3H3. The average Bonchev–Trinajstić information content (AvgIpc) is 2.33. The molecule has 2 N–H and O–H groups in total. The van der Waals surface area contributed by atoms with E-state index >= 15 is 0 Å². The molecule has 19 heavy (non-hydrogen) atoms. The number of likely N-dealkylation sites (N-methyl/N-ethyl adjacent to an activating group) is 2. The van der Waals surface area contributed by atoms with Gasteiger partial charge in [-0.15, -0.1) is 0 Å². The second-order valence-corrected chi connectivity index (χ2v) is 5.61. The van der Waals surface area contributed by atoms with Gasteiger partial charge in [-0.2, -0.15) is 0 Å². The molecule has 1 heterocycles. The molecule has 1 aliphatic carbocycles. The fourth-order valence-electron chi connectivity index (χ4n) is 2.57. The van der Waals surface area contributed by atoms with Crippen LogP contribution >= 0.6 is 0 Å². The zero-order chi connectivity index (χ0) is 14.0. The van der Waals surface area contributed by atoms with Gasteiger partial charge in [0, 0.05) is 19.1 Å². The van der Waals surface area contributed by atoms with Crippen LogP contribution in [0.5, 0.6) is 0 Å². The summed E-state index contributed by atoms with van der Waals surface area (Å²) in [6.45, 7) is 0.741. The smallest absolute Gasteiger partial charge is 0.272 e. The lowest BCUT2D eigenvalue weighted by atomic mass is 9.75. The fraction of sp³-hybridized carbons (Fsp3) is 0.571. The molecule has 0 aliphatic heterocycles. The van der Waals surface area contributed by atoms with Gasteiger partial charge in [0.15, 0.2) is 0 Å². The summed E-state index contributed by atoms with van der Waals surface area (Å²) in [5, 5.41) is 0. The first-order valence-electron chi connectivity index (χ1n) is 6.59. The monoisotopic (exact) mass is 262 g/mol. The zero-order valence-electron chi connectivity index (χ0n) is 11.9. The van der Waals surface area contributed by atoms with Crippen molar-refractivity contribution in [2.75, 3.05) is 33.4 Å². The highest BCUT2D eigenvalue weighted by Crippen LogP contribution is 2.36. The zero-order valence-corrected chi connectivity index (χ0v) is 11.9. The first kappa shape index (κ1) is 13.8. The first-order chi connectivity index (χ1) is 8.94. The fourth-order valence-corrected chi connectivity index (χ4v) is 2.57. The van der Waals surface area contributed by atoms with Gasteiger partial charge in [-0.05, 0) is 45.5 Å². The van der Waals surface area contributed by atoms with Crippen LogP contribution in [-0.2, 0) is 0 Å². The molecule has 1 aromatic rings. The Labute approximate surface area is 114 Å². The van der Waals surface area contributed by atoms with Crippen LogP contribution in [0.3, 0.4) is 0 Å². The number of pyridine rings is 1. The molecular weight excluding hydrogens is 240 g/mol. The van der Waals surface area contributed by atoms with E-state index in [9.17, 15) is 4.79 Å². The predicted octanol–water partition coefficient (Wildman–Crippen LogP) is 1.22. The Balaban J connectivity index is 2.05. The Morgan fingerprint density at radius 2 is 2.05 bits per heavy atom. The Bertz CT molecular complexity index is 451. The van der Waals surface area contributed by atoms with E-state index in [4.69, 9.17) is 5.73 Å². The van der Waals surface area contributed by atoms with E-state index < -0.39 is 0 Å². The molecule has 0 atom stereocenters. The lowest BCUT2D eigenvalue weighted by Crippen LogP contribution is -2.57. The van der Waals surface area contributed by atoms with E-state index in [2.05, 4.69) is 24.0 Å². The summed E-state index contributed by atoms with van der Waals surface area (Å²) in [7, 11) is 6.00. The van der Waals surface area contributed by atoms with Crippen molar-refractivity contribution in [1.29, 1.82) is 0 Å². The molecule has 2 rings (SSSR count). The number of carbonyl (C=O) groups is 1. The van der Waals surface area contributed by atoms with Crippen LogP contribution < -0.4 is 5.73 Å². The van der Waals surface area contributed by atoms with Crippen molar-refractivity contribution in [3.8, 4) is 0 Å². The van der Waals surface area contributed by atoms with Crippen LogP contribution in [0.1, 0.15) is 29.8 Å². The van der Waals surface area contributed by atoms with E-state index in [1.54, 1.807) is 17.0 Å². The van der Waals surface area contributed by atoms with Crippen molar-refractivity contribution in [2.24, 2.45) is 0 Å². The highest BCUT2D eigenvalue weighted by molar-refractivity contribution is 5.92. The van der Waals surface area contributed by atoms with Crippen LogP contribution in [0.4, 0.5) is 5.69 Å². The molecule has 5 nitrogen and oxygen atoms in total. The first-order valence-corrected chi connectivity index (χ1v) is 6.59. The summed E-state index contributed by atoms with van der Waals surface area (Å²) in [4.78, 5) is 20.4. The Kier molecular flexibility index (Phi) is 3.75. The van der Waals surface area contributed by atoms with Crippen LogP contribution in [-0.4, -0.2) is 53.9 Å². The number of hydrogen-bond donors (Lipinski definition) is 1. The summed E-state index contributed by atoms with van der Waals surface area (Å²) in [6.07, 6.45) is 5.05. The van der Waals surface area contributed by atoms with Gasteiger partial charge in [-0.1, -0.05) is 0 Å². The summed E-state index contributed by atoms with van der Waals surface area (Å²) in [5.74, 6) is -0.0480. The van der Waals surface area contributed by atoms with E-state index in [0.717, 1.165) is 19.4 Å². The number of nitrogens with zero attached hydrogens (tertiary/aromatic N) is 3. The molecule has 0 saturated heterocycles. The molecule has 0 radical (unpaired) electrons. The van der Waals surface area contributed by atoms with Crippen molar-refractivity contribution < 1.29 is 4.79 Å². The minimum atomic E-state index is -0.0480. The van der Waals surface area contributed by atoms with Crippen molar-refractivity contribution in [3.63, 3.8) is 0 Å². The molecule has 5 heteroatoms. The molecule has 0 spiro atoms. The molecule has 1 saturated carbocycles. The molecular formula is C14H22N4O. The Morgan fingerprint density at radius 1 is 1.37 bits per heavy atom. The maximum absolute atomic E-state index is 12.3. The highest BCUT2D eigenvalue weighted by Gasteiger charge is 2.40. The van der Waals surface area contributed by atoms with Gasteiger partial charge in [0.25, 0.3) is 5.91 Å². The summed E-state index contributed by atoms with van der Waals surface area (Å²) in [6, 6.07) is 3.39. The second-order valence-electron chi connectivity index (χ2n) is 5.61. The van der Waals surface area contributed by atoms with Crippen LogP contribution in [0.25, 0.3) is 0 Å². The number of anilines is 1. The Hall–Kier alpha value is -1.62. The second kappa shape index (κ2) is 5.17. The average molecular weight is 262 g/mol. The largest absolute Gasteiger partial charge is 0.397 e. The molecule has 0 bridgehead atoms. The van der Waals surface area contributed by atoms with Crippen molar-refractivity contribution in [1.82, 2.24) is 14.8 Å². The molecule has 0 aromatic carbocycles. The van der Waals surface area contributed by atoms with Gasteiger partial charge in [0.05, 0.1) is 11.9 Å². The maximum atomic E-state index is 12.3. The molecule has 1 aliphatic rings. The normalized spacial score (nSPS) is 17.1.